The minimum Gasteiger partial charge on any atom is -0.392 e. The maximum Gasteiger partial charge on any atom is 0.251 e. The van der Waals surface area contributed by atoms with Gasteiger partial charge in [0.2, 0.25) is 0 Å². The molecule has 0 aliphatic carbocycles. The van der Waals surface area contributed by atoms with Gasteiger partial charge in [0.1, 0.15) is 6.33 Å². The van der Waals surface area contributed by atoms with E-state index in [4.69, 9.17) is 9.47 Å². The van der Waals surface area contributed by atoms with Crippen LogP contribution in [-0.2, 0) is 22.6 Å². The van der Waals surface area contributed by atoms with Crippen LogP contribution in [0.25, 0.3) is 11.1 Å². The lowest BCUT2D eigenvalue weighted by Crippen LogP contribution is -2.38. The Morgan fingerprint density at radius 2 is 1.66 bits per heavy atom. The third-order valence-corrected chi connectivity index (χ3v) is 8.77. The first kappa shape index (κ1) is 29.8. The summed E-state index contributed by atoms with van der Waals surface area (Å²) in [5, 5.41) is 20.2. The lowest BCUT2D eigenvalue weighted by Gasteiger charge is -2.41. The van der Waals surface area contributed by atoms with Crippen molar-refractivity contribution in [3.8, 4) is 11.1 Å². The average Bonchev–Trinajstić information content (AvgIpc) is 3.61. The van der Waals surface area contributed by atoms with Crippen molar-refractivity contribution < 1.29 is 19.4 Å². The van der Waals surface area contributed by atoms with E-state index in [9.17, 15) is 9.90 Å². The first-order valence-electron chi connectivity index (χ1n) is 14.6. The minimum atomic E-state index is -0.581. The van der Waals surface area contributed by atoms with E-state index in [1.807, 2.05) is 66.7 Å². The summed E-state index contributed by atoms with van der Waals surface area (Å²) in [5.41, 5.74) is 6.53. The van der Waals surface area contributed by atoms with Gasteiger partial charge in [0.15, 0.2) is 11.4 Å². The van der Waals surface area contributed by atoms with Gasteiger partial charge in [0, 0.05) is 29.3 Å². The zero-order chi connectivity index (χ0) is 30.3. The Balaban J connectivity index is 1.22. The molecule has 8 nitrogen and oxygen atoms in total. The molecule has 224 valence electrons. The number of aromatic nitrogens is 3. The van der Waals surface area contributed by atoms with Gasteiger partial charge in [-0.25, -0.2) is 4.98 Å². The Kier molecular flexibility index (Phi) is 9.48. The molecule has 4 atom stereocenters. The van der Waals surface area contributed by atoms with Crippen LogP contribution >= 0.6 is 11.8 Å². The first-order chi connectivity index (χ1) is 21.6. The van der Waals surface area contributed by atoms with E-state index in [0.29, 0.717) is 17.9 Å². The molecule has 3 N–H and O–H groups in total. The molecule has 1 saturated heterocycles. The second-order valence-electron chi connectivity index (χ2n) is 10.8. The molecule has 4 aromatic carbocycles. The highest BCUT2D eigenvalue weighted by Crippen LogP contribution is 2.43. The number of hydrogen-bond donors (Lipinski definition) is 3. The van der Waals surface area contributed by atoms with Crippen LogP contribution in [0.2, 0.25) is 0 Å². The van der Waals surface area contributed by atoms with Gasteiger partial charge in [0.25, 0.3) is 5.91 Å². The van der Waals surface area contributed by atoms with E-state index in [2.05, 4.69) is 51.7 Å². The van der Waals surface area contributed by atoms with Crippen LogP contribution in [0.15, 0.2) is 115 Å². The fourth-order valence-corrected chi connectivity index (χ4v) is 6.28. The van der Waals surface area contributed by atoms with Gasteiger partial charge in [-0.3, -0.25) is 9.89 Å². The summed E-state index contributed by atoms with van der Waals surface area (Å²) in [4.78, 5) is 16.8. The number of benzene rings is 4. The van der Waals surface area contributed by atoms with E-state index in [0.717, 1.165) is 38.5 Å². The fraction of sp³-hybridized carbons (Fsp3) is 0.229. The Hall–Kier alpha value is -4.28. The van der Waals surface area contributed by atoms with Crippen molar-refractivity contribution >= 4 is 17.7 Å². The molecule has 44 heavy (non-hydrogen) atoms. The number of carbonyl (C=O) groups excluding carboxylic acids is 1. The maximum atomic E-state index is 12.6. The summed E-state index contributed by atoms with van der Waals surface area (Å²) < 4.78 is 13.3. The number of hydrogen-bond acceptors (Lipinski definition) is 7. The van der Waals surface area contributed by atoms with Crippen LogP contribution in [0.4, 0.5) is 0 Å². The largest absolute Gasteiger partial charge is 0.392 e. The quantitative estimate of drug-likeness (QED) is 0.156. The molecule has 0 bridgehead atoms. The summed E-state index contributed by atoms with van der Waals surface area (Å²) in [6.45, 7) is 2.57. The van der Waals surface area contributed by atoms with Crippen molar-refractivity contribution in [1.29, 1.82) is 0 Å². The van der Waals surface area contributed by atoms with Crippen LogP contribution in [0.3, 0.4) is 0 Å². The molecular formula is C35H34N4O4S. The zero-order valence-corrected chi connectivity index (χ0v) is 25.1. The standard InChI is InChI=1S/C35H34N4O4S/c1-23-31(21-44-35-37-22-38-39-35)42-34(43-32(23)26-15-13-24(20-40)14-16-26)30-12-6-11-29(18-30)28-10-5-7-25(17-28)19-36-33(41)27-8-3-2-4-9-27/h2-18,22-23,31-32,34,40H,19-21H2,1H3,(H,36,41)(H,37,38,39)/t23-,31+,32+,34+/m1/s1. The van der Waals surface area contributed by atoms with Crippen LogP contribution in [0.5, 0.6) is 0 Å². The molecular weight excluding hydrogens is 572 g/mol. The smallest absolute Gasteiger partial charge is 0.251 e. The number of aromatic amines is 1. The van der Waals surface area contributed by atoms with Gasteiger partial charge < -0.3 is 19.9 Å². The van der Waals surface area contributed by atoms with Gasteiger partial charge in [-0.2, -0.15) is 5.10 Å². The second-order valence-corrected chi connectivity index (χ2v) is 11.8. The lowest BCUT2D eigenvalue weighted by atomic mass is 9.91. The number of nitrogens with one attached hydrogen (secondary N) is 2. The summed E-state index contributed by atoms with van der Waals surface area (Å²) in [5.74, 6) is 0.640. The van der Waals surface area contributed by atoms with E-state index < -0.39 is 6.29 Å². The average molecular weight is 607 g/mol. The monoisotopic (exact) mass is 606 g/mol. The minimum absolute atomic E-state index is 0.00305. The number of aliphatic hydroxyl groups is 1. The highest BCUT2D eigenvalue weighted by molar-refractivity contribution is 7.99. The molecule has 1 fully saturated rings. The van der Waals surface area contributed by atoms with Crippen molar-refractivity contribution in [1.82, 2.24) is 20.5 Å². The second kappa shape index (κ2) is 14.0. The Labute approximate surface area is 260 Å². The number of carbonyl (C=O) groups is 1. The molecule has 9 heteroatoms. The van der Waals surface area contributed by atoms with Crippen LogP contribution in [0.1, 0.15) is 51.9 Å². The number of amides is 1. The van der Waals surface area contributed by atoms with Crippen molar-refractivity contribution in [2.45, 2.75) is 43.7 Å². The van der Waals surface area contributed by atoms with Gasteiger partial charge in [-0.05, 0) is 52.1 Å². The topological polar surface area (TPSA) is 109 Å². The van der Waals surface area contributed by atoms with Crippen LogP contribution in [0, 0.1) is 5.92 Å². The Bertz CT molecular complexity index is 1660. The molecule has 6 rings (SSSR count). The van der Waals surface area contributed by atoms with Gasteiger partial charge in [-0.15, -0.1) is 0 Å². The van der Waals surface area contributed by atoms with Crippen molar-refractivity contribution in [3.05, 3.63) is 137 Å². The number of rotatable bonds is 10. The molecule has 1 amide bonds. The highest BCUT2D eigenvalue weighted by Gasteiger charge is 2.38. The predicted octanol–water partition coefficient (Wildman–Crippen LogP) is 6.48. The number of H-pyrrole nitrogens is 1. The maximum absolute atomic E-state index is 12.6. The molecule has 2 heterocycles. The Morgan fingerprint density at radius 1 is 0.886 bits per heavy atom. The first-order valence-corrected chi connectivity index (χ1v) is 15.6. The number of ether oxygens (including phenoxy) is 2. The van der Waals surface area contributed by atoms with E-state index in [-0.39, 0.29) is 30.6 Å². The van der Waals surface area contributed by atoms with Gasteiger partial charge in [0.05, 0.1) is 18.8 Å². The Morgan fingerprint density at radius 3 is 2.41 bits per heavy atom. The van der Waals surface area contributed by atoms with E-state index >= 15 is 0 Å². The molecule has 0 radical (unpaired) electrons. The van der Waals surface area contributed by atoms with E-state index in [1.54, 1.807) is 23.9 Å². The zero-order valence-electron chi connectivity index (χ0n) is 24.3. The summed E-state index contributed by atoms with van der Waals surface area (Å²) in [6, 6.07) is 33.5. The predicted molar refractivity (Wildman–Crippen MR) is 170 cm³/mol. The molecule has 0 unspecified atom stereocenters. The number of nitrogens with zero attached hydrogens (tertiary/aromatic N) is 2. The van der Waals surface area contributed by atoms with Crippen molar-refractivity contribution in [2.24, 2.45) is 5.92 Å². The normalized spacial score (nSPS) is 19.9. The summed E-state index contributed by atoms with van der Waals surface area (Å²) in [6.07, 6.45) is 0.596. The molecule has 0 saturated carbocycles. The van der Waals surface area contributed by atoms with Gasteiger partial charge >= 0.3 is 0 Å². The van der Waals surface area contributed by atoms with Crippen LogP contribution < -0.4 is 5.32 Å². The highest BCUT2D eigenvalue weighted by atomic mass is 32.2. The number of aliphatic hydroxyl groups excluding tert-OH is 1. The van der Waals surface area contributed by atoms with Crippen LogP contribution in [-0.4, -0.2) is 38.1 Å². The van der Waals surface area contributed by atoms with E-state index in [1.165, 1.54) is 6.33 Å². The SMILES string of the molecule is C[C@@H]1[C@H](CSc2ncn[nH]2)O[C@H](c2cccc(-c3cccc(CNC(=O)c4ccccc4)c3)c2)O[C@@H]1c1ccc(CO)cc1. The third kappa shape index (κ3) is 7.09. The molecule has 0 spiro atoms. The summed E-state index contributed by atoms with van der Waals surface area (Å²) in [7, 11) is 0. The number of thioether (sulfide) groups is 1. The molecule has 1 aliphatic heterocycles. The molecule has 5 aromatic rings. The third-order valence-electron chi connectivity index (χ3n) is 7.81. The molecule has 1 aliphatic rings. The summed E-state index contributed by atoms with van der Waals surface area (Å²) >= 11 is 1.57. The van der Waals surface area contributed by atoms with Gasteiger partial charge in [-0.1, -0.05) is 97.5 Å². The fourth-order valence-electron chi connectivity index (χ4n) is 5.33. The lowest BCUT2D eigenvalue weighted by molar-refractivity contribution is -0.268. The van der Waals surface area contributed by atoms with Crippen molar-refractivity contribution in [2.75, 3.05) is 5.75 Å². The molecule has 1 aromatic heterocycles. The van der Waals surface area contributed by atoms with Crippen molar-refractivity contribution in [3.63, 3.8) is 0 Å².